The first-order valence-electron chi connectivity index (χ1n) is 9.12. The molecule has 1 aliphatic heterocycles. The fraction of sp³-hybridized carbons (Fsp3) is 0.227. The molecule has 1 aliphatic rings. The molecule has 0 aliphatic carbocycles. The van der Waals surface area contributed by atoms with Crippen molar-refractivity contribution in [3.63, 3.8) is 0 Å². The van der Waals surface area contributed by atoms with Crippen LogP contribution in [-0.2, 0) is 6.42 Å². The van der Waals surface area contributed by atoms with Crippen LogP contribution in [0.25, 0.3) is 0 Å². The van der Waals surface area contributed by atoms with Crippen molar-refractivity contribution in [3.8, 4) is 0 Å². The lowest BCUT2D eigenvalue weighted by Crippen LogP contribution is -2.36. The number of carbonyl (C=O) groups excluding carboxylic acids is 1. The van der Waals surface area contributed by atoms with Crippen LogP contribution >= 0.6 is 0 Å². The summed E-state index contributed by atoms with van der Waals surface area (Å²) in [5, 5.41) is 3.26. The van der Waals surface area contributed by atoms with E-state index in [9.17, 15) is 4.79 Å². The van der Waals surface area contributed by atoms with E-state index >= 15 is 0 Å². The highest BCUT2D eigenvalue weighted by Gasteiger charge is 2.32. The van der Waals surface area contributed by atoms with Crippen molar-refractivity contribution in [3.05, 3.63) is 77.1 Å². The number of hydrogen-bond donors (Lipinski definition) is 1. The third kappa shape index (κ3) is 3.16. The molecule has 136 valence electrons. The van der Waals surface area contributed by atoms with E-state index in [0.29, 0.717) is 11.6 Å². The molecule has 5 nitrogen and oxygen atoms in total. The van der Waals surface area contributed by atoms with Gasteiger partial charge in [0.1, 0.15) is 5.69 Å². The molecule has 4 rings (SSSR count). The Labute approximate surface area is 159 Å². The maximum absolute atomic E-state index is 13.2. The number of amides is 1. The first-order chi connectivity index (χ1) is 13.0. The number of rotatable bonds is 3. The Bertz CT molecular complexity index is 994. The topological polar surface area (TPSA) is 58.1 Å². The molecule has 3 aromatic rings. The van der Waals surface area contributed by atoms with Crippen LogP contribution < -0.4 is 10.2 Å². The first kappa shape index (κ1) is 17.2. The van der Waals surface area contributed by atoms with Gasteiger partial charge in [-0.2, -0.15) is 0 Å². The van der Waals surface area contributed by atoms with Gasteiger partial charge >= 0.3 is 0 Å². The SMILES string of the molecule is Cc1cccc(C)c1Nc1nccc(C(=O)N2c3ccccc3CC2C)n1. The zero-order valence-electron chi connectivity index (χ0n) is 15.7. The quantitative estimate of drug-likeness (QED) is 0.752. The van der Waals surface area contributed by atoms with Crippen molar-refractivity contribution in [2.75, 3.05) is 10.2 Å². The Balaban J connectivity index is 1.64. The smallest absolute Gasteiger partial charge is 0.277 e. The van der Waals surface area contributed by atoms with Crippen molar-refractivity contribution < 1.29 is 4.79 Å². The number of benzene rings is 2. The minimum absolute atomic E-state index is 0.0978. The molecule has 27 heavy (non-hydrogen) atoms. The maximum atomic E-state index is 13.2. The Morgan fingerprint density at radius 3 is 2.59 bits per heavy atom. The van der Waals surface area contributed by atoms with Gasteiger partial charge in [-0.3, -0.25) is 4.79 Å². The summed E-state index contributed by atoms with van der Waals surface area (Å²) in [6.07, 6.45) is 2.49. The predicted octanol–water partition coefficient (Wildman–Crippen LogP) is 4.43. The number of nitrogens with zero attached hydrogens (tertiary/aromatic N) is 3. The Morgan fingerprint density at radius 2 is 1.81 bits per heavy atom. The van der Waals surface area contributed by atoms with E-state index < -0.39 is 0 Å². The molecule has 1 atom stereocenters. The molecule has 5 heteroatoms. The van der Waals surface area contributed by atoms with E-state index in [2.05, 4.69) is 28.3 Å². The highest BCUT2D eigenvalue weighted by atomic mass is 16.2. The van der Waals surface area contributed by atoms with E-state index in [-0.39, 0.29) is 11.9 Å². The maximum Gasteiger partial charge on any atom is 0.277 e. The van der Waals surface area contributed by atoms with Crippen LogP contribution in [-0.4, -0.2) is 21.9 Å². The number of fused-ring (bicyclic) bond motifs is 1. The average Bonchev–Trinajstić information content (AvgIpc) is 3.00. The van der Waals surface area contributed by atoms with Crippen molar-refractivity contribution in [1.82, 2.24) is 9.97 Å². The lowest BCUT2D eigenvalue weighted by atomic mass is 10.1. The normalized spacial score (nSPS) is 15.5. The van der Waals surface area contributed by atoms with Gasteiger partial charge in [-0.05, 0) is 56.0 Å². The van der Waals surface area contributed by atoms with Crippen LogP contribution in [0.1, 0.15) is 34.1 Å². The second kappa shape index (κ2) is 6.83. The molecule has 1 aromatic heterocycles. The highest BCUT2D eigenvalue weighted by Crippen LogP contribution is 2.33. The summed E-state index contributed by atoms with van der Waals surface area (Å²) >= 11 is 0. The fourth-order valence-electron chi connectivity index (χ4n) is 3.66. The number of anilines is 3. The molecule has 2 heterocycles. The number of nitrogens with one attached hydrogen (secondary N) is 1. The monoisotopic (exact) mass is 358 g/mol. The molecular weight excluding hydrogens is 336 g/mol. The summed E-state index contributed by atoms with van der Waals surface area (Å²) in [5.41, 5.74) is 5.75. The van der Waals surface area contributed by atoms with Gasteiger partial charge in [0.25, 0.3) is 5.91 Å². The van der Waals surface area contributed by atoms with Crippen LogP contribution in [0.15, 0.2) is 54.7 Å². The molecule has 0 fully saturated rings. The largest absolute Gasteiger partial charge is 0.324 e. The summed E-state index contributed by atoms with van der Waals surface area (Å²) < 4.78 is 0. The van der Waals surface area contributed by atoms with Crippen LogP contribution in [0.5, 0.6) is 0 Å². The van der Waals surface area contributed by atoms with E-state index in [1.807, 2.05) is 55.1 Å². The molecule has 0 saturated carbocycles. The summed E-state index contributed by atoms with van der Waals surface area (Å²) in [6.45, 7) is 6.13. The third-order valence-corrected chi connectivity index (χ3v) is 5.02. The fourth-order valence-corrected chi connectivity index (χ4v) is 3.66. The van der Waals surface area contributed by atoms with E-state index in [1.54, 1.807) is 12.3 Å². The zero-order chi connectivity index (χ0) is 19.0. The molecule has 2 aromatic carbocycles. The van der Waals surface area contributed by atoms with Gasteiger partial charge in [0.2, 0.25) is 5.95 Å². The lowest BCUT2D eigenvalue weighted by Gasteiger charge is -2.22. The predicted molar refractivity (Wildman–Crippen MR) is 108 cm³/mol. The van der Waals surface area contributed by atoms with Gasteiger partial charge in [-0.1, -0.05) is 36.4 Å². The second-order valence-corrected chi connectivity index (χ2v) is 7.01. The Kier molecular flexibility index (Phi) is 4.36. The van der Waals surface area contributed by atoms with E-state index in [0.717, 1.165) is 28.9 Å². The minimum Gasteiger partial charge on any atom is -0.324 e. The molecule has 1 N–H and O–H groups in total. The lowest BCUT2D eigenvalue weighted by molar-refractivity contribution is 0.0976. The number of aryl methyl sites for hydroxylation is 2. The Morgan fingerprint density at radius 1 is 1.07 bits per heavy atom. The standard InChI is InChI=1S/C22H22N4O/c1-14-7-6-8-15(2)20(14)25-22-23-12-11-18(24-22)21(27)26-16(3)13-17-9-4-5-10-19(17)26/h4-12,16H,13H2,1-3H3,(H,23,24,25). The number of carbonyl (C=O) groups is 1. The molecular formula is C22H22N4O. The average molecular weight is 358 g/mol. The van der Waals surface area contributed by atoms with Gasteiger partial charge < -0.3 is 10.2 Å². The molecule has 0 radical (unpaired) electrons. The van der Waals surface area contributed by atoms with Crippen LogP contribution in [0.4, 0.5) is 17.3 Å². The molecule has 1 unspecified atom stereocenters. The van der Waals surface area contributed by atoms with Gasteiger partial charge in [-0.25, -0.2) is 9.97 Å². The third-order valence-electron chi connectivity index (χ3n) is 5.02. The van der Waals surface area contributed by atoms with Gasteiger partial charge in [-0.15, -0.1) is 0 Å². The molecule has 0 spiro atoms. The summed E-state index contributed by atoms with van der Waals surface area (Å²) in [7, 11) is 0. The van der Waals surface area contributed by atoms with Crippen LogP contribution in [0.2, 0.25) is 0 Å². The van der Waals surface area contributed by atoms with Crippen molar-refractivity contribution in [2.45, 2.75) is 33.2 Å². The van der Waals surface area contributed by atoms with Crippen molar-refractivity contribution in [2.24, 2.45) is 0 Å². The van der Waals surface area contributed by atoms with Gasteiger partial charge in [0.15, 0.2) is 0 Å². The van der Waals surface area contributed by atoms with Gasteiger partial charge in [0, 0.05) is 23.6 Å². The Hall–Kier alpha value is -3.21. The first-order valence-corrected chi connectivity index (χ1v) is 9.12. The summed E-state index contributed by atoms with van der Waals surface area (Å²) in [6, 6.07) is 15.9. The van der Waals surface area contributed by atoms with Crippen LogP contribution in [0.3, 0.4) is 0 Å². The molecule has 1 amide bonds. The van der Waals surface area contributed by atoms with Gasteiger partial charge in [0.05, 0.1) is 0 Å². The van der Waals surface area contributed by atoms with Crippen molar-refractivity contribution >= 4 is 23.2 Å². The number of aromatic nitrogens is 2. The highest BCUT2D eigenvalue weighted by molar-refractivity contribution is 6.06. The minimum atomic E-state index is -0.0978. The van der Waals surface area contributed by atoms with Crippen molar-refractivity contribution in [1.29, 1.82) is 0 Å². The second-order valence-electron chi connectivity index (χ2n) is 7.01. The molecule has 0 bridgehead atoms. The summed E-state index contributed by atoms with van der Waals surface area (Å²) in [4.78, 5) is 23.8. The zero-order valence-corrected chi connectivity index (χ0v) is 15.7. The van der Waals surface area contributed by atoms with Crippen LogP contribution in [0, 0.1) is 13.8 Å². The summed E-state index contributed by atoms with van der Waals surface area (Å²) in [5.74, 6) is 0.331. The molecule has 0 saturated heterocycles. The van der Waals surface area contributed by atoms with E-state index in [4.69, 9.17) is 0 Å². The number of hydrogen-bond acceptors (Lipinski definition) is 4. The number of para-hydroxylation sites is 2. The van der Waals surface area contributed by atoms with E-state index in [1.165, 1.54) is 5.56 Å².